The average Bonchev–Trinajstić information content (AvgIpc) is 3.37. The molecule has 0 saturated heterocycles. The highest BCUT2D eigenvalue weighted by molar-refractivity contribution is 6.32. The molecule has 6 heteroatoms. The van der Waals surface area contributed by atoms with Crippen molar-refractivity contribution in [2.24, 2.45) is 0 Å². The molecule has 2 amide bonds. The van der Waals surface area contributed by atoms with Crippen molar-refractivity contribution < 1.29 is 9.59 Å². The third-order valence-corrected chi connectivity index (χ3v) is 7.29. The van der Waals surface area contributed by atoms with Crippen LogP contribution in [0.4, 0.5) is 0 Å². The molecule has 4 aromatic carbocycles. The zero-order valence-corrected chi connectivity index (χ0v) is 21.8. The summed E-state index contributed by atoms with van der Waals surface area (Å²) in [5, 5.41) is 1.17. The first kappa shape index (κ1) is 24.2. The summed E-state index contributed by atoms with van der Waals surface area (Å²) < 4.78 is 0. The molecular formula is C32H22Cl2N2O2. The molecular weight excluding hydrogens is 515 g/mol. The number of carbonyl (C=O) groups is 2. The number of hydrogen-bond acceptors (Lipinski definition) is 2. The largest absolute Gasteiger partial charge is 0.302 e. The Morgan fingerprint density at radius 2 is 0.816 bits per heavy atom. The van der Waals surface area contributed by atoms with Gasteiger partial charge in [0.05, 0.1) is 35.6 Å². The Kier molecular flexibility index (Phi) is 6.36. The zero-order chi connectivity index (χ0) is 26.2. The molecule has 0 N–H and O–H groups in total. The molecule has 0 aliphatic carbocycles. The molecule has 0 spiro atoms. The summed E-state index contributed by atoms with van der Waals surface area (Å²) in [6.45, 7) is 0.676. The highest BCUT2D eigenvalue weighted by Gasteiger charge is 2.48. The summed E-state index contributed by atoms with van der Waals surface area (Å²) in [5.41, 5.74) is 5.46. The molecule has 0 unspecified atom stereocenters. The molecule has 0 radical (unpaired) electrons. The fraction of sp³-hybridized carbons (Fsp3) is 0.0625. The van der Waals surface area contributed by atoms with Gasteiger partial charge in [-0.2, -0.15) is 0 Å². The van der Waals surface area contributed by atoms with Crippen molar-refractivity contribution in [1.82, 2.24) is 9.80 Å². The van der Waals surface area contributed by atoms with E-state index >= 15 is 0 Å². The normalized spacial score (nSPS) is 15.1. The molecule has 186 valence electrons. The van der Waals surface area contributed by atoms with Crippen LogP contribution in [0, 0.1) is 0 Å². The quantitative estimate of drug-likeness (QED) is 0.261. The first-order valence-corrected chi connectivity index (χ1v) is 13.0. The summed E-state index contributed by atoms with van der Waals surface area (Å²) in [6, 6.07) is 34.1. The summed E-state index contributed by atoms with van der Waals surface area (Å²) in [4.78, 5) is 31.9. The first-order chi connectivity index (χ1) is 18.5. The van der Waals surface area contributed by atoms with E-state index in [9.17, 15) is 9.59 Å². The van der Waals surface area contributed by atoms with Crippen LogP contribution in [0.3, 0.4) is 0 Å². The number of carbonyl (C=O) groups excluding carboxylic acids is 2. The van der Waals surface area contributed by atoms with Crippen LogP contribution >= 0.6 is 23.2 Å². The minimum atomic E-state index is -0.206. The maximum absolute atomic E-state index is 14.2. The summed E-state index contributed by atoms with van der Waals surface area (Å²) in [5.74, 6) is -0.412. The predicted molar refractivity (Wildman–Crippen MR) is 151 cm³/mol. The Hall–Kier alpha value is -4.12. The topological polar surface area (TPSA) is 40.6 Å². The predicted octanol–water partition coefficient (Wildman–Crippen LogP) is 7.20. The lowest BCUT2D eigenvalue weighted by Crippen LogP contribution is -2.29. The lowest BCUT2D eigenvalue weighted by molar-refractivity contribution is -0.124. The van der Waals surface area contributed by atoms with Crippen LogP contribution in [-0.4, -0.2) is 21.6 Å². The van der Waals surface area contributed by atoms with Crippen LogP contribution in [0.25, 0.3) is 11.4 Å². The van der Waals surface area contributed by atoms with Gasteiger partial charge in [0.25, 0.3) is 11.8 Å². The SMILES string of the molecule is O=C1C2=C(c3ccc(Cl)cc3)N(Cc3ccccc3)C(=O)C2=C(c2ccc(Cl)cc2)N1Cc1ccccc1. The summed E-state index contributed by atoms with van der Waals surface area (Å²) in [6.07, 6.45) is 0. The third-order valence-electron chi connectivity index (χ3n) is 6.78. The lowest BCUT2D eigenvalue weighted by atomic mass is 10.0. The van der Waals surface area contributed by atoms with Gasteiger partial charge in [-0.15, -0.1) is 0 Å². The number of nitrogens with zero attached hydrogens (tertiary/aromatic N) is 2. The number of rotatable bonds is 6. The molecule has 6 rings (SSSR count). The Bertz CT molecular complexity index is 1470. The van der Waals surface area contributed by atoms with Crippen molar-refractivity contribution in [3.8, 4) is 0 Å². The summed E-state index contributed by atoms with van der Waals surface area (Å²) >= 11 is 12.4. The van der Waals surface area contributed by atoms with Gasteiger partial charge >= 0.3 is 0 Å². The lowest BCUT2D eigenvalue weighted by Gasteiger charge is -2.25. The van der Waals surface area contributed by atoms with E-state index in [1.54, 1.807) is 34.1 Å². The van der Waals surface area contributed by atoms with Crippen molar-refractivity contribution >= 4 is 46.4 Å². The van der Waals surface area contributed by atoms with Crippen molar-refractivity contribution in [2.45, 2.75) is 13.1 Å². The average molecular weight is 537 g/mol. The van der Waals surface area contributed by atoms with E-state index < -0.39 is 0 Å². The number of hydrogen-bond donors (Lipinski definition) is 0. The van der Waals surface area contributed by atoms with Gasteiger partial charge in [0.1, 0.15) is 0 Å². The minimum Gasteiger partial charge on any atom is -0.302 e. The van der Waals surface area contributed by atoms with E-state index in [4.69, 9.17) is 23.2 Å². The van der Waals surface area contributed by atoms with Gasteiger partial charge in [0.15, 0.2) is 0 Å². The van der Waals surface area contributed by atoms with E-state index in [0.29, 0.717) is 45.7 Å². The second-order valence-corrected chi connectivity index (χ2v) is 10.1. The van der Waals surface area contributed by atoms with Crippen molar-refractivity contribution in [3.05, 3.63) is 153 Å². The van der Waals surface area contributed by atoms with Crippen LogP contribution in [0.15, 0.2) is 120 Å². The van der Waals surface area contributed by atoms with Crippen LogP contribution in [0.1, 0.15) is 22.3 Å². The van der Waals surface area contributed by atoms with Gasteiger partial charge in [-0.25, -0.2) is 0 Å². The first-order valence-electron chi connectivity index (χ1n) is 12.2. The smallest absolute Gasteiger partial charge is 0.261 e. The molecule has 38 heavy (non-hydrogen) atoms. The second-order valence-electron chi connectivity index (χ2n) is 9.21. The molecule has 4 aromatic rings. The molecule has 4 nitrogen and oxygen atoms in total. The van der Waals surface area contributed by atoms with Crippen LogP contribution in [0.2, 0.25) is 10.0 Å². The number of fused-ring (bicyclic) bond motifs is 1. The number of benzene rings is 4. The molecule has 0 fully saturated rings. The van der Waals surface area contributed by atoms with E-state index in [1.165, 1.54) is 0 Å². The number of amides is 2. The highest BCUT2D eigenvalue weighted by atomic mass is 35.5. The van der Waals surface area contributed by atoms with E-state index in [-0.39, 0.29) is 11.8 Å². The Labute approximate surface area is 231 Å². The van der Waals surface area contributed by atoms with Crippen LogP contribution in [-0.2, 0) is 22.7 Å². The molecule has 0 saturated carbocycles. The third kappa shape index (κ3) is 4.32. The number of halogens is 2. The van der Waals surface area contributed by atoms with Crippen molar-refractivity contribution in [3.63, 3.8) is 0 Å². The van der Waals surface area contributed by atoms with E-state index in [2.05, 4.69) is 0 Å². The zero-order valence-electron chi connectivity index (χ0n) is 20.3. The van der Waals surface area contributed by atoms with Crippen molar-refractivity contribution in [2.75, 3.05) is 0 Å². The van der Waals surface area contributed by atoms with Crippen molar-refractivity contribution in [1.29, 1.82) is 0 Å². The molecule has 0 atom stereocenters. The Morgan fingerprint density at radius 3 is 1.16 bits per heavy atom. The standard InChI is InChI=1S/C32H22Cl2N2O2/c33-25-15-11-23(12-16-25)29-27-28(31(37)35(29)19-21-7-3-1-4-8-21)30(24-13-17-26(34)18-14-24)36(32(27)38)20-22-9-5-2-6-10-22/h1-18H,19-20H2. The van der Waals surface area contributed by atoms with Crippen LogP contribution in [0.5, 0.6) is 0 Å². The van der Waals surface area contributed by atoms with Gasteiger partial charge in [-0.1, -0.05) is 108 Å². The van der Waals surface area contributed by atoms with Gasteiger partial charge in [-0.3, -0.25) is 9.59 Å². The second kappa shape index (κ2) is 9.97. The maximum atomic E-state index is 14.2. The summed E-state index contributed by atoms with van der Waals surface area (Å²) in [7, 11) is 0. The molecule has 0 aromatic heterocycles. The molecule has 2 aliphatic rings. The van der Waals surface area contributed by atoms with Crippen LogP contribution < -0.4 is 0 Å². The van der Waals surface area contributed by atoms with E-state index in [1.807, 2.05) is 84.9 Å². The molecule has 2 heterocycles. The maximum Gasteiger partial charge on any atom is 0.261 e. The minimum absolute atomic E-state index is 0.206. The fourth-order valence-corrected chi connectivity index (χ4v) is 5.30. The Balaban J connectivity index is 1.57. The van der Waals surface area contributed by atoms with Gasteiger partial charge in [0.2, 0.25) is 0 Å². The van der Waals surface area contributed by atoms with Gasteiger partial charge < -0.3 is 9.80 Å². The van der Waals surface area contributed by atoms with Gasteiger partial charge in [-0.05, 0) is 46.5 Å². The highest BCUT2D eigenvalue weighted by Crippen LogP contribution is 2.47. The monoisotopic (exact) mass is 536 g/mol. The molecule has 0 bridgehead atoms. The fourth-order valence-electron chi connectivity index (χ4n) is 5.05. The van der Waals surface area contributed by atoms with Gasteiger partial charge in [0, 0.05) is 10.0 Å². The Morgan fingerprint density at radius 1 is 0.474 bits per heavy atom. The molecule has 2 aliphatic heterocycles. The van der Waals surface area contributed by atoms with E-state index in [0.717, 1.165) is 22.3 Å².